The summed E-state index contributed by atoms with van der Waals surface area (Å²) in [6, 6.07) is -4.89. The van der Waals surface area contributed by atoms with Crippen molar-refractivity contribution >= 4 is 101 Å². The molecule has 9 amide bonds. The molecular weight excluding hydrogens is 1120 g/mol. The first-order chi connectivity index (χ1) is 40.0. The van der Waals surface area contributed by atoms with Gasteiger partial charge >= 0.3 is 11.9 Å². The van der Waals surface area contributed by atoms with Crippen molar-refractivity contribution in [1.82, 2.24) is 63.5 Å². The zero-order valence-corrected chi connectivity index (χ0v) is 50.6. The van der Waals surface area contributed by atoms with Crippen LogP contribution in [0.25, 0.3) is 10.9 Å². The predicted molar refractivity (Wildman–Crippen MR) is 320 cm³/mol. The predicted octanol–water partition coefficient (Wildman–Crippen LogP) is -0.952. The van der Waals surface area contributed by atoms with Gasteiger partial charge in [-0.15, -0.1) is 0 Å². The van der Waals surface area contributed by atoms with Crippen molar-refractivity contribution in [2.75, 3.05) is 18.8 Å². The maximum Gasteiger partial charge on any atom is 0.325 e. The van der Waals surface area contributed by atoms with Gasteiger partial charge in [0.1, 0.15) is 54.4 Å². The fourth-order valence-corrected chi connectivity index (χ4v) is 8.97. The molecule has 20 N–H and O–H groups in total. The first-order valence-corrected chi connectivity index (χ1v) is 29.1. The summed E-state index contributed by atoms with van der Waals surface area (Å²) < 4.78 is 0. The van der Waals surface area contributed by atoms with Crippen LogP contribution in [0.4, 0.5) is 0 Å². The molecular formula is C55H90N16O13S. The number of fused-ring (bicyclic) bond motifs is 1. The Hall–Kier alpha value is -8.18. The van der Waals surface area contributed by atoms with Crippen molar-refractivity contribution in [3.63, 3.8) is 0 Å². The molecule has 0 saturated carbocycles. The number of aromatic amines is 1. The van der Waals surface area contributed by atoms with E-state index in [0.29, 0.717) is 6.42 Å². The zero-order valence-electron chi connectivity index (χ0n) is 49.7. The summed E-state index contributed by atoms with van der Waals surface area (Å²) in [5.74, 6) is -12.1. The highest BCUT2D eigenvalue weighted by Crippen LogP contribution is 2.20. The van der Waals surface area contributed by atoms with E-state index in [9.17, 15) is 63.0 Å². The summed E-state index contributed by atoms with van der Waals surface area (Å²) in [5.41, 5.74) is 12.4. The number of nitrogens with one attached hydrogen (secondary N) is 14. The van der Waals surface area contributed by atoms with Gasteiger partial charge in [-0.05, 0) is 81.3 Å². The van der Waals surface area contributed by atoms with Crippen molar-refractivity contribution in [3.05, 3.63) is 36.0 Å². The first kappa shape index (κ1) is 72.9. The van der Waals surface area contributed by atoms with Crippen LogP contribution in [0, 0.1) is 28.6 Å². The number of thiol groups is 1. The molecule has 0 radical (unpaired) electrons. The highest BCUT2D eigenvalue weighted by atomic mass is 32.1. The van der Waals surface area contributed by atoms with E-state index in [0.717, 1.165) is 16.5 Å². The number of guanidine groups is 2. The van der Waals surface area contributed by atoms with Gasteiger partial charge in [0.05, 0.1) is 0 Å². The van der Waals surface area contributed by atoms with Gasteiger partial charge in [-0.25, -0.2) is 0 Å². The largest absolute Gasteiger partial charge is 0.481 e. The number of carbonyl (C=O) groups excluding carboxylic acids is 9. The fraction of sp³-hybridized carbons (Fsp3) is 0.618. The fourth-order valence-electron chi connectivity index (χ4n) is 8.71. The van der Waals surface area contributed by atoms with Crippen LogP contribution in [0.5, 0.6) is 0 Å². The number of amides is 9. The molecule has 29 nitrogen and oxygen atoms in total. The van der Waals surface area contributed by atoms with Crippen LogP contribution in [0.2, 0.25) is 0 Å². The Morgan fingerprint density at radius 2 is 1.00 bits per heavy atom. The Kier molecular flexibility index (Phi) is 31.9. The molecule has 1 aromatic carbocycles. The number of carbonyl (C=O) groups is 11. The van der Waals surface area contributed by atoms with Crippen LogP contribution in [-0.4, -0.2) is 165 Å². The lowest BCUT2D eigenvalue weighted by molar-refractivity contribution is -0.142. The minimum atomic E-state index is -1.67. The number of hydrogen-bond donors (Lipinski definition) is 19. The van der Waals surface area contributed by atoms with E-state index in [1.165, 1.54) is 6.92 Å². The summed E-state index contributed by atoms with van der Waals surface area (Å²) in [5, 5.41) is 63.6. The number of H-pyrrole nitrogens is 1. The second kappa shape index (κ2) is 37.2. The summed E-state index contributed by atoms with van der Waals surface area (Å²) >= 11 is 4.29. The third kappa shape index (κ3) is 26.5. The van der Waals surface area contributed by atoms with Gasteiger partial charge in [-0.2, -0.15) is 12.6 Å². The van der Waals surface area contributed by atoms with Crippen LogP contribution < -0.4 is 70.0 Å². The Bertz CT molecular complexity index is 2640. The molecule has 0 aliphatic rings. The quantitative estimate of drug-likeness (QED) is 0.0166. The lowest BCUT2D eigenvalue weighted by atomic mass is 9.96. The molecule has 0 fully saturated rings. The van der Waals surface area contributed by atoms with Gasteiger partial charge in [-0.1, -0.05) is 73.1 Å². The topological polar surface area (TPSA) is 476 Å². The van der Waals surface area contributed by atoms with Gasteiger partial charge in [-0.3, -0.25) is 63.6 Å². The standard InChI is InChI=1S/C55H90N16O13S/c1-9-30(7)44(52(82)69-38(23-28(3)4)48(78)63-31(8)53(83)84)71-47(77)36(18-14-22-61-55(58)59)65-46(76)37(19-20-43(73)74)67-51(81)41(27-85)70-49(79)39(24-29(5)6)68-45(75)35(17-13-21-60-54(56)57)66-50(80)40(64-42(72)10-2)25-32-26-62-34-16-12-11-15-33(32)34/h11-12,15-16,26,28-31,35-41,44,62,85H,9-10,13-14,17-25,27H2,1-8H3,(H,63,78)(H,64,72)(H,65,76)(H,66,80)(H,67,81)(H,68,75)(H,69,82)(H,70,79)(H,71,77)(H,73,74)(H,83,84)(H4,56,57,60)(H4,58,59,61)/t30-,31-,35-,36-,37-,38-,39-,40-,41-,44-/m0/s1. The van der Waals surface area contributed by atoms with E-state index < -0.39 is 138 Å². The van der Waals surface area contributed by atoms with Gasteiger partial charge in [0.2, 0.25) is 53.2 Å². The minimum Gasteiger partial charge on any atom is -0.481 e. The van der Waals surface area contributed by atoms with Crippen molar-refractivity contribution in [2.45, 2.75) is 180 Å². The minimum absolute atomic E-state index is 0.00923. The van der Waals surface area contributed by atoms with E-state index in [-0.39, 0.29) is 94.0 Å². The van der Waals surface area contributed by atoms with E-state index in [2.05, 4.69) is 76.1 Å². The Labute approximate surface area is 500 Å². The highest BCUT2D eigenvalue weighted by Gasteiger charge is 2.37. The molecule has 0 unspecified atom stereocenters. The number of aromatic nitrogens is 1. The average Bonchev–Trinajstić information content (AvgIpc) is 3.46. The molecule has 0 aliphatic carbocycles. The zero-order chi connectivity index (χ0) is 64.1. The Morgan fingerprint density at radius 3 is 1.47 bits per heavy atom. The number of carboxylic acids is 2. The summed E-state index contributed by atoms with van der Waals surface area (Å²) in [6.45, 7) is 13.6. The van der Waals surface area contributed by atoms with Crippen molar-refractivity contribution < 1.29 is 63.0 Å². The number of rotatable bonds is 39. The average molecular weight is 1220 g/mol. The second-order valence-corrected chi connectivity index (χ2v) is 22.0. The number of aliphatic carboxylic acids is 2. The summed E-state index contributed by atoms with van der Waals surface area (Å²) in [7, 11) is 0. The van der Waals surface area contributed by atoms with Crippen molar-refractivity contribution in [2.24, 2.45) is 29.2 Å². The number of benzene rings is 1. The van der Waals surface area contributed by atoms with Crippen LogP contribution >= 0.6 is 12.6 Å². The monoisotopic (exact) mass is 1210 g/mol. The molecule has 1 aromatic heterocycles. The maximum atomic E-state index is 14.3. The molecule has 30 heteroatoms. The molecule has 0 aliphatic heterocycles. The molecule has 0 saturated heterocycles. The normalized spacial score (nSPS) is 14.7. The van der Waals surface area contributed by atoms with Crippen molar-refractivity contribution in [1.29, 1.82) is 10.8 Å². The summed E-state index contributed by atoms with van der Waals surface area (Å²) in [6.07, 6.45) is 1.19. The third-order valence-corrected chi connectivity index (χ3v) is 14.0. The molecule has 0 bridgehead atoms. The number of nitrogens with two attached hydrogens (primary N) is 2. The van der Waals surface area contributed by atoms with Crippen molar-refractivity contribution in [3.8, 4) is 0 Å². The number of para-hydroxylation sites is 1. The smallest absolute Gasteiger partial charge is 0.325 e. The van der Waals surface area contributed by atoms with Gasteiger partial charge < -0.3 is 85.1 Å². The van der Waals surface area contributed by atoms with Crippen LogP contribution in [-0.2, 0) is 59.2 Å². The van der Waals surface area contributed by atoms with E-state index in [1.807, 2.05) is 24.3 Å². The number of hydrogen-bond acceptors (Lipinski definition) is 14. The molecule has 85 heavy (non-hydrogen) atoms. The SMILES string of the molecule is CCC(=O)N[C@@H](Cc1c[nH]c2ccccc12)C(=O)N[C@@H](CCCNC(=N)N)C(=O)N[C@@H](CC(C)C)C(=O)N[C@@H](CS)C(=O)N[C@@H](CCC(=O)O)C(=O)N[C@@H](CCCNC(=N)N)C(=O)N[C@H](C(=O)N[C@@H](CC(C)C)C(=O)N[C@@H](C)C(=O)O)[C@@H](C)CC. The van der Waals surface area contributed by atoms with E-state index in [4.69, 9.17) is 22.3 Å². The third-order valence-electron chi connectivity index (χ3n) is 13.6. The molecule has 1 heterocycles. The van der Waals surface area contributed by atoms with Gasteiger partial charge in [0, 0.05) is 55.2 Å². The molecule has 474 valence electrons. The van der Waals surface area contributed by atoms with E-state index in [1.54, 1.807) is 54.7 Å². The lowest BCUT2D eigenvalue weighted by Gasteiger charge is -2.30. The highest BCUT2D eigenvalue weighted by molar-refractivity contribution is 7.80. The molecule has 0 spiro atoms. The Morgan fingerprint density at radius 1 is 0.565 bits per heavy atom. The van der Waals surface area contributed by atoms with E-state index >= 15 is 0 Å². The molecule has 2 rings (SSSR count). The van der Waals surface area contributed by atoms with Crippen LogP contribution in [0.3, 0.4) is 0 Å². The van der Waals surface area contributed by atoms with Gasteiger partial charge in [0.15, 0.2) is 11.9 Å². The van der Waals surface area contributed by atoms with Crippen LogP contribution in [0.1, 0.15) is 125 Å². The molecule has 2 aromatic rings. The summed E-state index contributed by atoms with van der Waals surface area (Å²) in [4.78, 5) is 152. The first-order valence-electron chi connectivity index (χ1n) is 28.5. The van der Waals surface area contributed by atoms with Crippen LogP contribution in [0.15, 0.2) is 30.5 Å². The maximum absolute atomic E-state index is 14.3. The second-order valence-electron chi connectivity index (χ2n) is 21.7. The molecule has 10 atom stereocenters. The lowest BCUT2D eigenvalue weighted by Crippen LogP contribution is -2.61. The number of carboxylic acid groups (broad SMARTS) is 2. The van der Waals surface area contributed by atoms with Gasteiger partial charge in [0.25, 0.3) is 0 Å². The Balaban J connectivity index is 2.46.